The summed E-state index contributed by atoms with van der Waals surface area (Å²) in [6.45, 7) is 1.19. The zero-order chi connectivity index (χ0) is 20.2. The van der Waals surface area contributed by atoms with Gasteiger partial charge in [-0.3, -0.25) is 9.59 Å². The van der Waals surface area contributed by atoms with Crippen LogP contribution in [0.1, 0.15) is 35.4 Å². The number of methoxy groups -OCH3 is 1. The Hall–Kier alpha value is -3.15. The Morgan fingerprint density at radius 3 is 2.90 bits per heavy atom. The highest BCUT2D eigenvalue weighted by atomic mass is 16.5. The van der Waals surface area contributed by atoms with Crippen LogP contribution in [0.2, 0.25) is 0 Å². The maximum absolute atomic E-state index is 12.9. The van der Waals surface area contributed by atoms with Gasteiger partial charge in [0.1, 0.15) is 11.6 Å². The molecule has 0 radical (unpaired) electrons. The number of carbonyl (C=O) groups is 2. The zero-order valence-electron chi connectivity index (χ0n) is 16.6. The lowest BCUT2D eigenvalue weighted by Gasteiger charge is -2.32. The van der Waals surface area contributed by atoms with Gasteiger partial charge >= 0.3 is 0 Å². The lowest BCUT2D eigenvalue weighted by Crippen LogP contribution is -2.42. The first-order valence-electron chi connectivity index (χ1n) is 10.0. The minimum atomic E-state index is -0.161. The van der Waals surface area contributed by atoms with Crippen molar-refractivity contribution in [3.63, 3.8) is 0 Å². The van der Waals surface area contributed by atoms with E-state index >= 15 is 0 Å². The van der Waals surface area contributed by atoms with Gasteiger partial charge < -0.3 is 14.6 Å². The number of likely N-dealkylation sites (tertiary alicyclic amines) is 1. The average Bonchev–Trinajstić information content (AvgIpc) is 3.20. The summed E-state index contributed by atoms with van der Waals surface area (Å²) in [6, 6.07) is 15.1. The molecule has 1 amide bonds. The van der Waals surface area contributed by atoms with Gasteiger partial charge in [-0.1, -0.05) is 24.3 Å². The van der Waals surface area contributed by atoms with Crippen LogP contribution in [0.25, 0.3) is 11.0 Å². The Balaban J connectivity index is 1.37. The number of H-pyrrole nitrogens is 1. The summed E-state index contributed by atoms with van der Waals surface area (Å²) < 4.78 is 5.22. The zero-order valence-corrected chi connectivity index (χ0v) is 16.6. The first-order chi connectivity index (χ1) is 14.1. The lowest BCUT2D eigenvalue weighted by molar-refractivity contribution is -0.132. The molecular weight excluding hydrogens is 366 g/mol. The van der Waals surface area contributed by atoms with E-state index in [0.29, 0.717) is 37.2 Å². The molecule has 29 heavy (non-hydrogen) atoms. The standard InChI is InChI=1S/C23H25N3O3/c1-29-18-8-4-6-16(14-18)23(28)17-7-5-13-26(15-17)22(27)12-11-21-24-19-9-2-3-10-20(19)25-21/h2-4,6,8-10,14,17H,5,7,11-13,15H2,1H3,(H,24,25)/t17-/m0/s1. The minimum Gasteiger partial charge on any atom is -0.497 e. The number of benzene rings is 2. The number of carbonyl (C=O) groups excluding carboxylic acids is 2. The summed E-state index contributed by atoms with van der Waals surface area (Å²) in [7, 11) is 1.59. The second-order valence-corrected chi connectivity index (χ2v) is 7.48. The highest BCUT2D eigenvalue weighted by Crippen LogP contribution is 2.24. The molecule has 1 saturated heterocycles. The predicted octanol–water partition coefficient (Wildman–Crippen LogP) is 3.63. The highest BCUT2D eigenvalue weighted by molar-refractivity contribution is 5.98. The van der Waals surface area contributed by atoms with Gasteiger partial charge in [0.25, 0.3) is 0 Å². The second-order valence-electron chi connectivity index (χ2n) is 7.48. The highest BCUT2D eigenvalue weighted by Gasteiger charge is 2.29. The molecule has 0 spiro atoms. The van der Waals surface area contributed by atoms with Gasteiger partial charge in [0.2, 0.25) is 5.91 Å². The van der Waals surface area contributed by atoms with Crippen LogP contribution in [0.15, 0.2) is 48.5 Å². The average molecular weight is 391 g/mol. The number of ketones is 1. The predicted molar refractivity (Wildman–Crippen MR) is 111 cm³/mol. The van der Waals surface area contributed by atoms with Crippen LogP contribution >= 0.6 is 0 Å². The number of piperidine rings is 1. The van der Waals surface area contributed by atoms with E-state index < -0.39 is 0 Å². The van der Waals surface area contributed by atoms with E-state index in [1.807, 2.05) is 47.4 Å². The third-order valence-corrected chi connectivity index (χ3v) is 5.51. The van der Waals surface area contributed by atoms with Crippen molar-refractivity contribution in [3.8, 4) is 5.75 Å². The fourth-order valence-electron chi connectivity index (χ4n) is 3.94. The van der Waals surface area contributed by atoms with E-state index in [4.69, 9.17) is 4.74 Å². The molecule has 6 nitrogen and oxygen atoms in total. The van der Waals surface area contributed by atoms with E-state index in [-0.39, 0.29) is 17.6 Å². The van der Waals surface area contributed by atoms with Crippen molar-refractivity contribution in [2.24, 2.45) is 5.92 Å². The maximum atomic E-state index is 12.9. The van der Waals surface area contributed by atoms with Crippen molar-refractivity contribution in [1.82, 2.24) is 14.9 Å². The fourth-order valence-corrected chi connectivity index (χ4v) is 3.94. The molecule has 3 aromatic rings. The number of aryl methyl sites for hydroxylation is 1. The summed E-state index contributed by atoms with van der Waals surface area (Å²) in [5.41, 5.74) is 2.54. The number of Topliss-reactive ketones (excluding diaryl/α,β-unsaturated/α-hetero) is 1. The molecule has 0 bridgehead atoms. The number of fused-ring (bicyclic) bond motifs is 1. The molecule has 1 aromatic heterocycles. The topological polar surface area (TPSA) is 75.3 Å². The molecule has 0 unspecified atom stereocenters. The SMILES string of the molecule is COc1cccc(C(=O)[C@H]2CCCN(C(=O)CCc3nc4ccccc4[nH]3)C2)c1. The maximum Gasteiger partial charge on any atom is 0.223 e. The monoisotopic (exact) mass is 391 g/mol. The van der Waals surface area contributed by atoms with Gasteiger partial charge in [-0.25, -0.2) is 4.98 Å². The van der Waals surface area contributed by atoms with Crippen LogP contribution in [0.3, 0.4) is 0 Å². The van der Waals surface area contributed by atoms with Crippen molar-refractivity contribution in [1.29, 1.82) is 0 Å². The summed E-state index contributed by atoms with van der Waals surface area (Å²) in [5, 5.41) is 0. The molecule has 1 aliphatic heterocycles. The van der Waals surface area contributed by atoms with E-state index in [9.17, 15) is 9.59 Å². The van der Waals surface area contributed by atoms with Crippen LogP contribution in [0.5, 0.6) is 5.75 Å². The summed E-state index contributed by atoms with van der Waals surface area (Å²) in [5.74, 6) is 1.49. The van der Waals surface area contributed by atoms with Crippen molar-refractivity contribution < 1.29 is 14.3 Å². The number of rotatable bonds is 6. The first-order valence-corrected chi connectivity index (χ1v) is 10.0. The van der Waals surface area contributed by atoms with Gasteiger partial charge in [-0.05, 0) is 37.1 Å². The Labute approximate surface area is 169 Å². The van der Waals surface area contributed by atoms with Crippen molar-refractivity contribution in [3.05, 3.63) is 59.9 Å². The molecule has 0 aliphatic carbocycles. The Kier molecular flexibility index (Phi) is 5.60. The number of amides is 1. The van der Waals surface area contributed by atoms with Gasteiger partial charge in [0.15, 0.2) is 5.78 Å². The number of aromatic nitrogens is 2. The molecule has 2 heterocycles. The second kappa shape index (κ2) is 8.47. The molecule has 2 aromatic carbocycles. The number of hydrogen-bond donors (Lipinski definition) is 1. The summed E-state index contributed by atoms with van der Waals surface area (Å²) in [4.78, 5) is 35.3. The summed E-state index contributed by atoms with van der Waals surface area (Å²) in [6.07, 6.45) is 2.61. The Morgan fingerprint density at radius 2 is 2.07 bits per heavy atom. The van der Waals surface area contributed by atoms with E-state index in [2.05, 4.69) is 9.97 Å². The van der Waals surface area contributed by atoms with Gasteiger partial charge in [-0.15, -0.1) is 0 Å². The van der Waals surface area contributed by atoms with Crippen LogP contribution < -0.4 is 4.74 Å². The van der Waals surface area contributed by atoms with Crippen LogP contribution in [0, 0.1) is 5.92 Å². The minimum absolute atomic E-state index is 0.0774. The van der Waals surface area contributed by atoms with Crippen molar-refractivity contribution in [2.75, 3.05) is 20.2 Å². The Bertz CT molecular complexity index is 994. The van der Waals surface area contributed by atoms with Crippen LogP contribution in [-0.4, -0.2) is 46.8 Å². The third-order valence-electron chi connectivity index (χ3n) is 5.51. The van der Waals surface area contributed by atoms with Gasteiger partial charge in [0, 0.05) is 37.4 Å². The molecule has 1 aliphatic rings. The Morgan fingerprint density at radius 1 is 1.21 bits per heavy atom. The van der Waals surface area contributed by atoms with Gasteiger partial charge in [-0.2, -0.15) is 0 Å². The molecule has 1 atom stereocenters. The van der Waals surface area contributed by atoms with Crippen LogP contribution in [-0.2, 0) is 11.2 Å². The molecule has 1 fully saturated rings. The number of ether oxygens (including phenoxy) is 1. The van der Waals surface area contributed by atoms with Gasteiger partial charge in [0.05, 0.1) is 18.1 Å². The number of hydrogen-bond acceptors (Lipinski definition) is 4. The van der Waals surface area contributed by atoms with E-state index in [1.165, 1.54) is 0 Å². The molecule has 4 rings (SSSR count). The third kappa shape index (κ3) is 4.31. The number of para-hydroxylation sites is 2. The van der Waals surface area contributed by atoms with Crippen molar-refractivity contribution in [2.45, 2.75) is 25.7 Å². The molecule has 0 saturated carbocycles. The first kappa shape index (κ1) is 19.2. The number of imidazole rings is 1. The molecular formula is C23H25N3O3. The normalized spacial score (nSPS) is 16.7. The van der Waals surface area contributed by atoms with E-state index in [1.54, 1.807) is 13.2 Å². The number of nitrogens with zero attached hydrogens (tertiary/aromatic N) is 2. The quantitative estimate of drug-likeness (QED) is 0.651. The van der Waals surface area contributed by atoms with Crippen LogP contribution in [0.4, 0.5) is 0 Å². The molecule has 150 valence electrons. The summed E-state index contributed by atoms with van der Waals surface area (Å²) >= 11 is 0. The smallest absolute Gasteiger partial charge is 0.223 e. The number of nitrogens with one attached hydrogen (secondary N) is 1. The number of aromatic amines is 1. The van der Waals surface area contributed by atoms with Crippen molar-refractivity contribution >= 4 is 22.7 Å². The van der Waals surface area contributed by atoms with E-state index in [0.717, 1.165) is 29.7 Å². The molecule has 6 heteroatoms. The fraction of sp³-hybridized carbons (Fsp3) is 0.348. The largest absolute Gasteiger partial charge is 0.497 e. The molecule has 1 N–H and O–H groups in total. The lowest BCUT2D eigenvalue weighted by atomic mass is 9.89.